The molecule has 0 fully saturated rings. The molecule has 3 nitrogen and oxygen atoms in total. The van der Waals surface area contributed by atoms with Crippen LogP contribution < -0.4 is 5.43 Å². The summed E-state index contributed by atoms with van der Waals surface area (Å²) in [6, 6.07) is 22.5. The first-order chi connectivity index (χ1) is 12.3. The summed E-state index contributed by atoms with van der Waals surface area (Å²) >= 11 is 1.57. The Labute approximate surface area is 149 Å². The fraction of sp³-hybridized carbons (Fsp3) is 0.0476. The van der Waals surface area contributed by atoms with E-state index in [1.165, 1.54) is 0 Å². The normalized spacial score (nSPS) is 11.4. The van der Waals surface area contributed by atoms with Crippen LogP contribution in [0.25, 0.3) is 21.5 Å². The molecule has 0 saturated carbocycles. The number of benzene rings is 3. The van der Waals surface area contributed by atoms with E-state index in [4.69, 9.17) is 0 Å². The predicted octanol–water partition coefficient (Wildman–Crippen LogP) is 4.75. The van der Waals surface area contributed by atoms with Crippen LogP contribution in [0.4, 0.5) is 0 Å². The summed E-state index contributed by atoms with van der Waals surface area (Å²) in [4.78, 5) is 13.0. The van der Waals surface area contributed by atoms with Gasteiger partial charge in [-0.15, -0.1) is 11.3 Å². The number of carbonyl (C=O) groups excluding carboxylic acids is 1. The van der Waals surface area contributed by atoms with E-state index in [0.29, 0.717) is 6.42 Å². The third kappa shape index (κ3) is 3.30. The molecule has 0 aliphatic rings. The number of carbonyl (C=O) groups is 1. The molecule has 4 rings (SSSR count). The first-order valence-electron chi connectivity index (χ1n) is 8.06. The fourth-order valence-electron chi connectivity index (χ4n) is 2.97. The van der Waals surface area contributed by atoms with E-state index >= 15 is 0 Å². The molecule has 0 radical (unpaired) electrons. The number of thiophene rings is 1. The van der Waals surface area contributed by atoms with Crippen molar-refractivity contribution >= 4 is 45.0 Å². The maximum absolute atomic E-state index is 12.0. The van der Waals surface area contributed by atoms with Crippen LogP contribution in [0.2, 0.25) is 0 Å². The lowest BCUT2D eigenvalue weighted by Gasteiger charge is -2.07. The molecule has 0 spiro atoms. The van der Waals surface area contributed by atoms with Crippen molar-refractivity contribution in [2.24, 2.45) is 5.10 Å². The first-order valence-corrected chi connectivity index (χ1v) is 8.94. The molecule has 0 unspecified atom stereocenters. The third-order valence-corrected chi connectivity index (χ3v) is 4.99. The topological polar surface area (TPSA) is 41.5 Å². The second-order valence-electron chi connectivity index (χ2n) is 5.78. The highest BCUT2D eigenvalue weighted by atomic mass is 32.1. The van der Waals surface area contributed by atoms with E-state index < -0.39 is 0 Å². The van der Waals surface area contributed by atoms with Crippen LogP contribution in [-0.2, 0) is 11.2 Å². The number of hydrogen-bond donors (Lipinski definition) is 1. The number of hydrazone groups is 1. The van der Waals surface area contributed by atoms with Gasteiger partial charge >= 0.3 is 0 Å². The lowest BCUT2D eigenvalue weighted by Crippen LogP contribution is -2.19. The van der Waals surface area contributed by atoms with Gasteiger partial charge in [0.2, 0.25) is 5.91 Å². The van der Waals surface area contributed by atoms with Crippen molar-refractivity contribution in [2.45, 2.75) is 6.42 Å². The molecule has 1 heterocycles. The van der Waals surface area contributed by atoms with Crippen LogP contribution in [0, 0.1) is 0 Å². The molecule has 0 saturated heterocycles. The van der Waals surface area contributed by atoms with Gasteiger partial charge < -0.3 is 0 Å². The zero-order chi connectivity index (χ0) is 17.1. The fourth-order valence-corrected chi connectivity index (χ4v) is 3.67. The zero-order valence-electron chi connectivity index (χ0n) is 13.5. The first kappa shape index (κ1) is 15.5. The number of nitrogens with one attached hydrogen (secondary N) is 1. The van der Waals surface area contributed by atoms with Gasteiger partial charge in [0.1, 0.15) is 0 Å². The van der Waals surface area contributed by atoms with E-state index in [0.717, 1.165) is 32.0 Å². The third-order valence-electron chi connectivity index (χ3n) is 4.11. The second kappa shape index (κ2) is 6.87. The Kier molecular flexibility index (Phi) is 4.27. The number of amides is 1. The van der Waals surface area contributed by atoms with Gasteiger partial charge in [0.05, 0.1) is 12.6 Å². The van der Waals surface area contributed by atoms with Gasteiger partial charge in [0.25, 0.3) is 0 Å². The van der Waals surface area contributed by atoms with Crippen LogP contribution in [0.3, 0.4) is 0 Å². The molecule has 0 atom stereocenters. The van der Waals surface area contributed by atoms with Gasteiger partial charge in [-0.3, -0.25) is 4.79 Å². The van der Waals surface area contributed by atoms with Gasteiger partial charge in [-0.25, -0.2) is 5.43 Å². The van der Waals surface area contributed by atoms with Crippen LogP contribution >= 0.6 is 11.3 Å². The largest absolute Gasteiger partial charge is 0.273 e. The molecule has 3 aromatic carbocycles. The maximum Gasteiger partial charge on any atom is 0.245 e. The molecule has 4 aromatic rings. The molecule has 1 aromatic heterocycles. The van der Waals surface area contributed by atoms with Crippen LogP contribution in [0.15, 0.2) is 77.2 Å². The molecule has 0 aliphatic heterocycles. The van der Waals surface area contributed by atoms with E-state index in [2.05, 4.69) is 40.9 Å². The summed E-state index contributed by atoms with van der Waals surface area (Å²) in [5.74, 6) is -0.108. The van der Waals surface area contributed by atoms with Gasteiger partial charge in [0.15, 0.2) is 0 Å². The van der Waals surface area contributed by atoms with Crippen molar-refractivity contribution in [3.63, 3.8) is 0 Å². The second-order valence-corrected chi connectivity index (χ2v) is 6.81. The zero-order valence-corrected chi connectivity index (χ0v) is 14.3. The molecule has 1 amide bonds. The summed E-state index contributed by atoms with van der Waals surface area (Å²) in [6.45, 7) is 0. The van der Waals surface area contributed by atoms with Crippen LogP contribution in [0.1, 0.15) is 10.4 Å². The van der Waals surface area contributed by atoms with Crippen molar-refractivity contribution in [1.82, 2.24) is 5.43 Å². The van der Waals surface area contributed by atoms with Crippen molar-refractivity contribution in [2.75, 3.05) is 0 Å². The quantitative estimate of drug-likeness (QED) is 0.324. The number of hydrogen-bond acceptors (Lipinski definition) is 3. The number of rotatable bonds is 4. The standard InChI is InChI=1S/C21H16N2OS/c24-21(13-17-8-5-11-25-17)23-22-14-20-18-9-3-1-6-15(18)12-16-7-2-4-10-19(16)20/h1-12,14H,13H2,(H,23,24)/b22-14+. The molecule has 122 valence electrons. The van der Waals surface area contributed by atoms with E-state index in [9.17, 15) is 4.79 Å². The van der Waals surface area contributed by atoms with E-state index in [1.54, 1.807) is 17.6 Å². The van der Waals surface area contributed by atoms with Gasteiger partial charge in [0, 0.05) is 10.4 Å². The van der Waals surface area contributed by atoms with Gasteiger partial charge in [-0.05, 0) is 39.1 Å². The van der Waals surface area contributed by atoms with Crippen LogP contribution in [-0.4, -0.2) is 12.1 Å². The summed E-state index contributed by atoms with van der Waals surface area (Å²) in [5, 5.41) is 10.7. The Hall–Kier alpha value is -2.98. The molecular formula is C21H16N2OS. The molecular weight excluding hydrogens is 328 g/mol. The summed E-state index contributed by atoms with van der Waals surface area (Å²) in [7, 11) is 0. The minimum absolute atomic E-state index is 0.108. The van der Waals surface area contributed by atoms with Gasteiger partial charge in [-0.2, -0.15) is 5.10 Å². The lowest BCUT2D eigenvalue weighted by atomic mass is 9.97. The highest BCUT2D eigenvalue weighted by molar-refractivity contribution is 7.10. The Morgan fingerprint density at radius 3 is 2.28 bits per heavy atom. The average molecular weight is 344 g/mol. The molecule has 0 aliphatic carbocycles. The van der Waals surface area contributed by atoms with Crippen molar-refractivity contribution in [3.8, 4) is 0 Å². The minimum atomic E-state index is -0.108. The highest BCUT2D eigenvalue weighted by Crippen LogP contribution is 2.27. The van der Waals surface area contributed by atoms with Crippen molar-refractivity contribution < 1.29 is 4.79 Å². The Bertz CT molecular complexity index is 1010. The Balaban J connectivity index is 1.66. The molecule has 25 heavy (non-hydrogen) atoms. The van der Waals surface area contributed by atoms with Crippen molar-refractivity contribution in [3.05, 3.63) is 82.6 Å². The Morgan fingerprint density at radius 2 is 1.64 bits per heavy atom. The molecule has 4 heteroatoms. The summed E-state index contributed by atoms with van der Waals surface area (Å²) in [6.07, 6.45) is 2.10. The van der Waals surface area contributed by atoms with Crippen LogP contribution in [0.5, 0.6) is 0 Å². The average Bonchev–Trinajstić information content (AvgIpc) is 3.14. The SMILES string of the molecule is O=C(Cc1cccs1)N/N=C/c1c2ccccc2cc2ccccc12. The predicted molar refractivity (Wildman–Crippen MR) is 105 cm³/mol. The molecule has 0 bridgehead atoms. The Morgan fingerprint density at radius 1 is 0.960 bits per heavy atom. The summed E-state index contributed by atoms with van der Waals surface area (Å²) in [5.41, 5.74) is 3.65. The van der Waals surface area contributed by atoms with E-state index in [-0.39, 0.29) is 5.91 Å². The van der Waals surface area contributed by atoms with Crippen molar-refractivity contribution in [1.29, 1.82) is 0 Å². The molecule has 1 N–H and O–H groups in total. The lowest BCUT2D eigenvalue weighted by molar-refractivity contribution is -0.120. The van der Waals surface area contributed by atoms with Gasteiger partial charge in [-0.1, -0.05) is 54.6 Å². The highest BCUT2D eigenvalue weighted by Gasteiger charge is 2.06. The number of fused-ring (bicyclic) bond motifs is 2. The number of nitrogens with zero attached hydrogens (tertiary/aromatic N) is 1. The minimum Gasteiger partial charge on any atom is -0.273 e. The van der Waals surface area contributed by atoms with E-state index in [1.807, 2.05) is 41.8 Å². The smallest absolute Gasteiger partial charge is 0.245 e. The summed E-state index contributed by atoms with van der Waals surface area (Å²) < 4.78 is 0. The maximum atomic E-state index is 12.0. The monoisotopic (exact) mass is 344 g/mol.